The maximum Gasteiger partial charge on any atom is 0.0953 e. The van der Waals surface area contributed by atoms with E-state index in [0.29, 0.717) is 6.04 Å². The molecule has 1 aliphatic carbocycles. The van der Waals surface area contributed by atoms with Crippen molar-refractivity contribution in [3.05, 3.63) is 24.9 Å². The third-order valence-corrected chi connectivity index (χ3v) is 4.03. The first-order chi connectivity index (χ1) is 8.34. The van der Waals surface area contributed by atoms with E-state index in [1.165, 1.54) is 5.69 Å². The van der Waals surface area contributed by atoms with Crippen molar-refractivity contribution in [3.63, 3.8) is 0 Å². The molecule has 0 amide bonds. The van der Waals surface area contributed by atoms with Crippen LogP contribution in [0.3, 0.4) is 0 Å². The van der Waals surface area contributed by atoms with Gasteiger partial charge in [0.1, 0.15) is 0 Å². The van der Waals surface area contributed by atoms with Crippen LogP contribution < -0.4 is 5.32 Å². The summed E-state index contributed by atoms with van der Waals surface area (Å²) >= 11 is 0. The van der Waals surface area contributed by atoms with Gasteiger partial charge < -0.3 is 9.88 Å². The molecule has 2 aliphatic rings. The minimum absolute atomic E-state index is 0.647. The normalized spacial score (nSPS) is 30.5. The van der Waals surface area contributed by atoms with Crippen molar-refractivity contribution in [2.45, 2.75) is 6.04 Å². The largest absolute Gasteiger partial charge is 0.327 e. The molecule has 17 heavy (non-hydrogen) atoms. The quantitative estimate of drug-likeness (QED) is 0.823. The van der Waals surface area contributed by atoms with Crippen LogP contribution in [-0.2, 0) is 7.05 Å². The highest BCUT2D eigenvalue weighted by Crippen LogP contribution is 2.53. The molecule has 0 bridgehead atoms. The fourth-order valence-electron chi connectivity index (χ4n) is 3.12. The molecule has 1 saturated heterocycles. The van der Waals surface area contributed by atoms with Crippen LogP contribution in [0.1, 0.15) is 6.04 Å². The second-order valence-electron chi connectivity index (χ2n) is 5.07. The number of hydrogen-bond acceptors (Lipinski definition) is 3. The topological polar surface area (TPSA) is 47.7 Å². The molecule has 88 valence electrons. The molecule has 2 fully saturated rings. The molecule has 2 atom stereocenters. The van der Waals surface area contributed by atoms with E-state index in [1.54, 1.807) is 0 Å². The van der Waals surface area contributed by atoms with Crippen molar-refractivity contribution in [1.29, 1.82) is 0 Å². The molecule has 2 aromatic heterocycles. The average molecular weight is 229 g/mol. The molecule has 1 saturated carbocycles. The van der Waals surface area contributed by atoms with E-state index in [2.05, 4.69) is 20.0 Å². The summed E-state index contributed by atoms with van der Waals surface area (Å²) in [6.07, 6.45) is 7.86. The number of piperidine rings is 1. The Labute approximate surface area is 99.5 Å². The first-order valence-electron chi connectivity index (χ1n) is 6.06. The van der Waals surface area contributed by atoms with Gasteiger partial charge in [-0.05, 0) is 11.8 Å². The molecule has 3 heterocycles. The molecule has 5 heteroatoms. The molecular formula is C12H15N5. The van der Waals surface area contributed by atoms with Crippen LogP contribution in [0.5, 0.6) is 0 Å². The number of hydrogen-bond donors (Lipinski definition) is 1. The van der Waals surface area contributed by atoms with Gasteiger partial charge in [-0.1, -0.05) is 0 Å². The summed E-state index contributed by atoms with van der Waals surface area (Å²) in [5, 5.41) is 7.66. The van der Waals surface area contributed by atoms with E-state index < -0.39 is 0 Å². The molecule has 1 N–H and O–H groups in total. The second-order valence-corrected chi connectivity index (χ2v) is 5.07. The number of aryl methyl sites for hydroxylation is 1. The van der Waals surface area contributed by atoms with Crippen LogP contribution in [0.15, 0.2) is 24.9 Å². The third-order valence-electron chi connectivity index (χ3n) is 4.03. The molecule has 0 radical (unpaired) electrons. The molecule has 2 unspecified atom stereocenters. The molecule has 0 aromatic carbocycles. The molecule has 2 aromatic rings. The van der Waals surface area contributed by atoms with Crippen LogP contribution >= 0.6 is 0 Å². The fourth-order valence-corrected chi connectivity index (χ4v) is 3.12. The Morgan fingerprint density at radius 2 is 2.12 bits per heavy atom. The Morgan fingerprint density at radius 3 is 2.82 bits per heavy atom. The summed E-state index contributed by atoms with van der Waals surface area (Å²) < 4.78 is 4.16. The second kappa shape index (κ2) is 3.20. The summed E-state index contributed by atoms with van der Waals surface area (Å²) in [7, 11) is 1.94. The number of imidazole rings is 1. The summed E-state index contributed by atoms with van der Waals surface area (Å²) in [6.45, 7) is 2.31. The Balaban J connectivity index is 1.71. The molecule has 0 spiro atoms. The monoisotopic (exact) mass is 229 g/mol. The zero-order valence-corrected chi connectivity index (χ0v) is 9.74. The highest BCUT2D eigenvalue weighted by molar-refractivity contribution is 5.57. The minimum Gasteiger partial charge on any atom is -0.327 e. The van der Waals surface area contributed by atoms with Crippen LogP contribution in [0, 0.1) is 11.8 Å². The summed E-state index contributed by atoms with van der Waals surface area (Å²) in [5.41, 5.74) is 2.35. The zero-order chi connectivity index (χ0) is 11.4. The van der Waals surface area contributed by atoms with E-state index in [-0.39, 0.29) is 0 Å². The van der Waals surface area contributed by atoms with Crippen molar-refractivity contribution < 1.29 is 0 Å². The predicted molar refractivity (Wildman–Crippen MR) is 63.3 cm³/mol. The van der Waals surface area contributed by atoms with Gasteiger partial charge in [0.05, 0.1) is 24.4 Å². The lowest BCUT2D eigenvalue weighted by molar-refractivity contribution is 0.573. The van der Waals surface area contributed by atoms with Crippen LogP contribution in [0.4, 0.5) is 0 Å². The first kappa shape index (κ1) is 9.41. The summed E-state index contributed by atoms with van der Waals surface area (Å²) in [6, 6.07) is 0.647. The Bertz CT molecular complexity index is 545. The summed E-state index contributed by atoms with van der Waals surface area (Å²) in [4.78, 5) is 4.30. The lowest BCUT2D eigenvalue weighted by atomic mass is 10.2. The lowest BCUT2D eigenvalue weighted by Crippen LogP contribution is -2.16. The molecule has 4 rings (SSSR count). The zero-order valence-electron chi connectivity index (χ0n) is 9.74. The number of aromatic nitrogens is 4. The first-order valence-corrected chi connectivity index (χ1v) is 6.06. The predicted octanol–water partition coefficient (Wildman–Crippen LogP) is 0.674. The van der Waals surface area contributed by atoms with Crippen molar-refractivity contribution in [3.8, 4) is 11.3 Å². The SMILES string of the molecule is Cn1cc(-c2cncn2C2C3CNCC32)cn1. The van der Waals surface area contributed by atoms with Gasteiger partial charge in [-0.2, -0.15) is 5.10 Å². The van der Waals surface area contributed by atoms with Crippen molar-refractivity contribution >= 4 is 0 Å². The van der Waals surface area contributed by atoms with Gasteiger partial charge in [0.2, 0.25) is 0 Å². The van der Waals surface area contributed by atoms with Gasteiger partial charge in [-0.15, -0.1) is 0 Å². The van der Waals surface area contributed by atoms with E-state index in [9.17, 15) is 0 Å². The van der Waals surface area contributed by atoms with Crippen molar-refractivity contribution in [1.82, 2.24) is 24.6 Å². The summed E-state index contributed by atoms with van der Waals surface area (Å²) in [5.74, 6) is 1.61. The van der Waals surface area contributed by atoms with Gasteiger partial charge in [-0.3, -0.25) is 4.68 Å². The van der Waals surface area contributed by atoms with E-state index in [4.69, 9.17) is 0 Å². The highest BCUT2D eigenvalue weighted by atomic mass is 15.2. The van der Waals surface area contributed by atoms with E-state index in [1.807, 2.05) is 36.6 Å². The molecule has 1 aliphatic heterocycles. The molecular weight excluding hydrogens is 214 g/mol. The van der Waals surface area contributed by atoms with Crippen LogP contribution in [0.25, 0.3) is 11.3 Å². The van der Waals surface area contributed by atoms with Crippen molar-refractivity contribution in [2.24, 2.45) is 18.9 Å². The van der Waals surface area contributed by atoms with Gasteiger partial charge in [0.15, 0.2) is 0 Å². The van der Waals surface area contributed by atoms with E-state index in [0.717, 1.165) is 30.5 Å². The number of rotatable bonds is 2. The van der Waals surface area contributed by atoms with Gasteiger partial charge in [0.25, 0.3) is 0 Å². The lowest BCUT2D eigenvalue weighted by Gasteiger charge is -2.09. The van der Waals surface area contributed by atoms with Gasteiger partial charge in [-0.25, -0.2) is 4.98 Å². The van der Waals surface area contributed by atoms with Gasteiger partial charge >= 0.3 is 0 Å². The maximum absolute atomic E-state index is 4.30. The Hall–Kier alpha value is -1.62. The number of nitrogens with zero attached hydrogens (tertiary/aromatic N) is 4. The average Bonchev–Trinajstić information content (AvgIpc) is 2.83. The Kier molecular flexibility index (Phi) is 1.77. The van der Waals surface area contributed by atoms with Crippen LogP contribution in [0.2, 0.25) is 0 Å². The van der Waals surface area contributed by atoms with E-state index >= 15 is 0 Å². The smallest absolute Gasteiger partial charge is 0.0953 e. The van der Waals surface area contributed by atoms with Gasteiger partial charge in [0, 0.05) is 37.9 Å². The van der Waals surface area contributed by atoms with Crippen molar-refractivity contribution in [2.75, 3.05) is 13.1 Å². The fraction of sp³-hybridized carbons (Fsp3) is 0.500. The molecule has 5 nitrogen and oxygen atoms in total. The Morgan fingerprint density at radius 1 is 1.29 bits per heavy atom. The number of nitrogens with one attached hydrogen (secondary N) is 1. The minimum atomic E-state index is 0.647. The standard InChI is InChI=1S/C12H15N5/c1-16-6-8(2-15-16)11-5-14-7-17(11)12-9-3-13-4-10(9)12/h2,5-7,9-10,12-13H,3-4H2,1H3. The number of fused-ring (bicyclic) bond motifs is 1. The maximum atomic E-state index is 4.30. The third kappa shape index (κ3) is 1.29. The van der Waals surface area contributed by atoms with Crippen LogP contribution in [-0.4, -0.2) is 32.4 Å². The highest BCUT2D eigenvalue weighted by Gasteiger charge is 2.54.